The number of hydrogen-bond acceptors (Lipinski definition) is 4. The van der Waals surface area contributed by atoms with Crippen molar-refractivity contribution in [3.63, 3.8) is 0 Å². The quantitative estimate of drug-likeness (QED) is 0.885. The van der Waals surface area contributed by atoms with Gasteiger partial charge in [0.05, 0.1) is 19.3 Å². The summed E-state index contributed by atoms with van der Waals surface area (Å²) in [5.41, 5.74) is 1.11. The van der Waals surface area contributed by atoms with Crippen LogP contribution in [0, 0.1) is 0 Å². The van der Waals surface area contributed by atoms with Crippen LogP contribution in [0.2, 0.25) is 0 Å². The van der Waals surface area contributed by atoms with Gasteiger partial charge in [-0.25, -0.2) is 0 Å². The molecule has 0 bridgehead atoms. The maximum absolute atomic E-state index is 12.2. The predicted molar refractivity (Wildman–Crippen MR) is 74.0 cm³/mol. The van der Waals surface area contributed by atoms with Gasteiger partial charge in [0.25, 0.3) is 5.91 Å². The third-order valence-electron chi connectivity index (χ3n) is 2.99. The van der Waals surface area contributed by atoms with Crippen molar-refractivity contribution in [2.24, 2.45) is 7.05 Å². The second kappa shape index (κ2) is 6.88. The third-order valence-corrected chi connectivity index (χ3v) is 2.99. The topological polar surface area (TPSA) is 65.4 Å². The average molecular weight is 311 g/mol. The summed E-state index contributed by atoms with van der Waals surface area (Å²) in [6.07, 6.45) is 1.63. The number of alkyl halides is 2. The van der Waals surface area contributed by atoms with Crippen molar-refractivity contribution >= 4 is 5.91 Å². The highest BCUT2D eigenvalue weighted by molar-refractivity contribution is 5.94. The van der Waals surface area contributed by atoms with Gasteiger partial charge in [-0.2, -0.15) is 13.9 Å². The molecule has 0 spiro atoms. The minimum atomic E-state index is -2.96. The fraction of sp³-hybridized carbons (Fsp3) is 0.286. The van der Waals surface area contributed by atoms with Crippen molar-refractivity contribution in [1.82, 2.24) is 15.1 Å². The number of aromatic nitrogens is 2. The SMILES string of the molecule is COc1cc(C(=O)NCc2ccnn2C)ccc1OC(F)F. The van der Waals surface area contributed by atoms with E-state index in [-0.39, 0.29) is 23.0 Å². The van der Waals surface area contributed by atoms with Crippen molar-refractivity contribution in [3.05, 3.63) is 41.7 Å². The summed E-state index contributed by atoms with van der Waals surface area (Å²) in [6.45, 7) is -2.66. The number of rotatable bonds is 6. The van der Waals surface area contributed by atoms with Crippen LogP contribution in [-0.2, 0) is 13.6 Å². The lowest BCUT2D eigenvalue weighted by molar-refractivity contribution is -0.0512. The van der Waals surface area contributed by atoms with E-state index >= 15 is 0 Å². The Kier molecular flexibility index (Phi) is 4.92. The Bertz CT molecular complexity index is 659. The lowest BCUT2D eigenvalue weighted by Crippen LogP contribution is -2.24. The third kappa shape index (κ3) is 3.72. The first-order valence-corrected chi connectivity index (χ1v) is 6.39. The van der Waals surface area contributed by atoms with Crippen LogP contribution in [0.4, 0.5) is 8.78 Å². The molecule has 1 N–H and O–H groups in total. The summed E-state index contributed by atoms with van der Waals surface area (Å²) in [5, 5.41) is 6.70. The van der Waals surface area contributed by atoms with E-state index in [0.29, 0.717) is 6.54 Å². The first-order chi connectivity index (χ1) is 10.5. The first kappa shape index (κ1) is 15.7. The van der Waals surface area contributed by atoms with Crippen molar-refractivity contribution in [3.8, 4) is 11.5 Å². The summed E-state index contributed by atoms with van der Waals surface area (Å²) in [5.74, 6) is -0.419. The van der Waals surface area contributed by atoms with E-state index in [4.69, 9.17) is 4.74 Å². The summed E-state index contributed by atoms with van der Waals surface area (Å²) in [7, 11) is 3.08. The van der Waals surface area contributed by atoms with Crippen LogP contribution in [0.3, 0.4) is 0 Å². The molecule has 1 aromatic carbocycles. The first-order valence-electron chi connectivity index (χ1n) is 6.39. The maximum Gasteiger partial charge on any atom is 0.387 e. The zero-order valence-corrected chi connectivity index (χ0v) is 12.0. The van der Waals surface area contributed by atoms with Crippen molar-refractivity contribution < 1.29 is 23.0 Å². The number of carbonyl (C=O) groups is 1. The van der Waals surface area contributed by atoms with Crippen LogP contribution in [0.1, 0.15) is 16.1 Å². The Balaban J connectivity index is 2.08. The van der Waals surface area contributed by atoms with E-state index in [2.05, 4.69) is 15.2 Å². The molecule has 2 rings (SSSR count). The van der Waals surface area contributed by atoms with Gasteiger partial charge < -0.3 is 14.8 Å². The Morgan fingerprint density at radius 3 is 2.73 bits per heavy atom. The van der Waals surface area contributed by atoms with E-state index in [1.807, 2.05) is 0 Å². The monoisotopic (exact) mass is 311 g/mol. The standard InChI is InChI=1S/C14H15F2N3O3/c1-19-10(5-6-18-19)8-17-13(20)9-3-4-11(22-14(15)16)12(7-9)21-2/h3-7,14H,8H2,1-2H3,(H,17,20). The summed E-state index contributed by atoms with van der Waals surface area (Å²) < 4.78 is 35.4. The van der Waals surface area contributed by atoms with Gasteiger partial charge in [0.15, 0.2) is 11.5 Å². The number of methoxy groups -OCH3 is 1. The Labute approximate surface area is 125 Å². The highest BCUT2D eigenvalue weighted by Gasteiger charge is 2.14. The molecule has 1 aromatic heterocycles. The number of nitrogens with one attached hydrogen (secondary N) is 1. The molecule has 1 heterocycles. The number of halogens is 2. The number of aryl methyl sites for hydroxylation is 1. The van der Waals surface area contributed by atoms with Gasteiger partial charge >= 0.3 is 6.61 Å². The van der Waals surface area contributed by atoms with Gasteiger partial charge in [0, 0.05) is 18.8 Å². The number of ether oxygens (including phenoxy) is 2. The smallest absolute Gasteiger partial charge is 0.387 e. The van der Waals surface area contributed by atoms with E-state index < -0.39 is 6.61 Å². The largest absolute Gasteiger partial charge is 0.493 e. The van der Waals surface area contributed by atoms with Gasteiger partial charge in [0.1, 0.15) is 0 Å². The fourth-order valence-electron chi connectivity index (χ4n) is 1.85. The van der Waals surface area contributed by atoms with Crippen LogP contribution in [-0.4, -0.2) is 29.4 Å². The van der Waals surface area contributed by atoms with Gasteiger partial charge in [-0.1, -0.05) is 0 Å². The van der Waals surface area contributed by atoms with Gasteiger partial charge in [0.2, 0.25) is 0 Å². The molecule has 0 radical (unpaired) electrons. The molecule has 0 fully saturated rings. The Hall–Kier alpha value is -2.64. The summed E-state index contributed by atoms with van der Waals surface area (Å²) >= 11 is 0. The molecule has 0 aliphatic rings. The molecule has 0 atom stereocenters. The molecule has 2 aromatic rings. The minimum Gasteiger partial charge on any atom is -0.493 e. The second-order valence-corrected chi connectivity index (χ2v) is 4.37. The van der Waals surface area contributed by atoms with Crippen LogP contribution in [0.15, 0.2) is 30.5 Å². The van der Waals surface area contributed by atoms with Gasteiger partial charge in [-0.15, -0.1) is 0 Å². The fourth-order valence-corrected chi connectivity index (χ4v) is 1.85. The van der Waals surface area contributed by atoms with Crippen molar-refractivity contribution in [2.75, 3.05) is 7.11 Å². The van der Waals surface area contributed by atoms with Crippen LogP contribution < -0.4 is 14.8 Å². The Morgan fingerprint density at radius 1 is 1.36 bits per heavy atom. The molecule has 8 heteroatoms. The van der Waals surface area contributed by atoms with Crippen LogP contribution >= 0.6 is 0 Å². The van der Waals surface area contributed by atoms with Crippen molar-refractivity contribution in [2.45, 2.75) is 13.2 Å². The molecule has 0 saturated carbocycles. The number of nitrogens with zero attached hydrogens (tertiary/aromatic N) is 2. The van der Waals surface area contributed by atoms with Gasteiger partial charge in [-0.3, -0.25) is 9.48 Å². The molecule has 0 aliphatic carbocycles. The number of carbonyl (C=O) groups excluding carboxylic acids is 1. The highest BCUT2D eigenvalue weighted by Crippen LogP contribution is 2.29. The van der Waals surface area contributed by atoms with E-state index in [1.54, 1.807) is 24.0 Å². The van der Waals surface area contributed by atoms with Crippen LogP contribution in [0.5, 0.6) is 11.5 Å². The maximum atomic E-state index is 12.2. The molecule has 0 aliphatic heterocycles. The lowest BCUT2D eigenvalue weighted by atomic mass is 10.2. The molecule has 0 unspecified atom stereocenters. The van der Waals surface area contributed by atoms with Crippen LogP contribution in [0.25, 0.3) is 0 Å². The van der Waals surface area contributed by atoms with E-state index in [9.17, 15) is 13.6 Å². The predicted octanol–water partition coefficient (Wildman–Crippen LogP) is 1.96. The molecule has 118 valence electrons. The Morgan fingerprint density at radius 2 is 2.14 bits per heavy atom. The molecule has 22 heavy (non-hydrogen) atoms. The summed E-state index contributed by atoms with van der Waals surface area (Å²) in [6, 6.07) is 5.78. The lowest BCUT2D eigenvalue weighted by Gasteiger charge is -2.11. The number of benzene rings is 1. The molecular weight excluding hydrogens is 296 g/mol. The number of amides is 1. The zero-order chi connectivity index (χ0) is 16.1. The van der Waals surface area contributed by atoms with Crippen molar-refractivity contribution in [1.29, 1.82) is 0 Å². The molecule has 0 saturated heterocycles. The molecular formula is C14H15F2N3O3. The highest BCUT2D eigenvalue weighted by atomic mass is 19.3. The number of hydrogen-bond donors (Lipinski definition) is 1. The molecule has 1 amide bonds. The van der Waals surface area contributed by atoms with E-state index in [0.717, 1.165) is 5.69 Å². The summed E-state index contributed by atoms with van der Waals surface area (Å²) in [4.78, 5) is 12.1. The van der Waals surface area contributed by atoms with Gasteiger partial charge in [-0.05, 0) is 24.3 Å². The molecule has 6 nitrogen and oxygen atoms in total. The van der Waals surface area contributed by atoms with E-state index in [1.165, 1.54) is 25.3 Å². The zero-order valence-electron chi connectivity index (χ0n) is 12.0. The normalized spacial score (nSPS) is 10.6. The second-order valence-electron chi connectivity index (χ2n) is 4.37. The average Bonchev–Trinajstić information content (AvgIpc) is 2.90. The minimum absolute atomic E-state index is 0.0634.